The van der Waals surface area contributed by atoms with Crippen molar-refractivity contribution in [1.29, 1.82) is 0 Å². The first-order valence-corrected chi connectivity index (χ1v) is 5.84. The topological polar surface area (TPSA) is 101 Å². The number of nitrogens with one attached hydrogen (secondary N) is 1. The van der Waals surface area contributed by atoms with Crippen molar-refractivity contribution in [3.05, 3.63) is 18.7 Å². The van der Waals surface area contributed by atoms with Crippen LogP contribution in [0.25, 0.3) is 11.5 Å². The van der Waals surface area contributed by atoms with Crippen LogP contribution < -0.4 is 0 Å². The van der Waals surface area contributed by atoms with Crippen LogP contribution in [-0.4, -0.2) is 39.8 Å². The van der Waals surface area contributed by atoms with E-state index in [0.29, 0.717) is 11.5 Å². The number of sulfone groups is 1. The van der Waals surface area contributed by atoms with Gasteiger partial charge in [0, 0.05) is 12.3 Å². The summed E-state index contributed by atoms with van der Waals surface area (Å²) in [4.78, 5) is 11.4. The summed E-state index contributed by atoms with van der Waals surface area (Å²) in [5, 5.41) is 6.19. The molecule has 2 heterocycles. The molecule has 0 amide bonds. The van der Waals surface area contributed by atoms with E-state index in [1.54, 1.807) is 0 Å². The molecule has 0 aromatic carbocycles. The monoisotopic (exact) mass is 225 g/mol. The van der Waals surface area contributed by atoms with E-state index in [-0.39, 0.29) is 5.03 Å². The summed E-state index contributed by atoms with van der Waals surface area (Å²) in [5.41, 5.74) is 0.392. The molecule has 0 bridgehead atoms. The summed E-state index contributed by atoms with van der Waals surface area (Å²) < 4.78 is 22.4. The summed E-state index contributed by atoms with van der Waals surface area (Å²) in [7, 11) is -3.33. The second-order valence-corrected chi connectivity index (χ2v) is 4.81. The highest BCUT2D eigenvalue weighted by Gasteiger charge is 2.11. The van der Waals surface area contributed by atoms with Gasteiger partial charge in [-0.05, 0) is 0 Å². The molecule has 1 N–H and O–H groups in total. The van der Waals surface area contributed by atoms with E-state index in [0.717, 1.165) is 6.26 Å². The molecule has 2 rings (SSSR count). The van der Waals surface area contributed by atoms with E-state index in [1.807, 2.05) is 0 Å². The number of nitrogens with zero attached hydrogens (tertiary/aromatic N) is 4. The largest absolute Gasteiger partial charge is 0.258 e. The van der Waals surface area contributed by atoms with Crippen LogP contribution in [0, 0.1) is 0 Å². The van der Waals surface area contributed by atoms with Gasteiger partial charge in [-0.15, -0.1) is 0 Å². The zero-order chi connectivity index (χ0) is 10.9. The average Bonchev–Trinajstić information content (AvgIpc) is 2.69. The highest BCUT2D eigenvalue weighted by atomic mass is 32.2. The molecule has 8 heteroatoms. The summed E-state index contributed by atoms with van der Waals surface area (Å²) in [6.07, 6.45) is 3.57. The fourth-order valence-corrected chi connectivity index (χ4v) is 1.56. The first-order valence-electron chi connectivity index (χ1n) is 3.95. The molecule has 7 nitrogen and oxygen atoms in total. The number of H-pyrrole nitrogens is 1. The molecule has 0 spiro atoms. The lowest BCUT2D eigenvalue weighted by Crippen LogP contribution is -2.01. The van der Waals surface area contributed by atoms with Crippen molar-refractivity contribution in [2.45, 2.75) is 5.03 Å². The Kier molecular flexibility index (Phi) is 2.19. The van der Waals surface area contributed by atoms with E-state index in [9.17, 15) is 8.42 Å². The molecule has 0 saturated heterocycles. The molecule has 0 saturated carbocycles. The van der Waals surface area contributed by atoms with Gasteiger partial charge in [-0.2, -0.15) is 5.10 Å². The Hall–Kier alpha value is -1.83. The molecule has 0 aliphatic heterocycles. The van der Waals surface area contributed by atoms with Crippen molar-refractivity contribution in [1.82, 2.24) is 25.1 Å². The van der Waals surface area contributed by atoms with Gasteiger partial charge in [0.05, 0.1) is 0 Å². The number of aromatic amines is 1. The van der Waals surface area contributed by atoms with Crippen LogP contribution in [0.15, 0.2) is 23.7 Å². The minimum absolute atomic E-state index is 0.0381. The zero-order valence-corrected chi connectivity index (χ0v) is 8.56. The normalized spacial score (nSPS) is 11.5. The van der Waals surface area contributed by atoms with Gasteiger partial charge in [-0.25, -0.2) is 23.4 Å². The quantitative estimate of drug-likeness (QED) is 0.702. The Balaban J connectivity index is 2.53. The maximum absolute atomic E-state index is 11.2. The fraction of sp³-hybridized carbons (Fsp3) is 0.143. The van der Waals surface area contributed by atoms with Gasteiger partial charge in [0.2, 0.25) is 0 Å². The highest BCUT2D eigenvalue weighted by Crippen LogP contribution is 2.13. The Morgan fingerprint density at radius 2 is 2.00 bits per heavy atom. The Morgan fingerprint density at radius 1 is 1.20 bits per heavy atom. The third kappa shape index (κ3) is 1.99. The van der Waals surface area contributed by atoms with E-state index in [1.165, 1.54) is 18.7 Å². The highest BCUT2D eigenvalue weighted by molar-refractivity contribution is 7.90. The summed E-state index contributed by atoms with van der Waals surface area (Å²) in [6.45, 7) is 0. The minimum atomic E-state index is -3.33. The third-order valence-corrected chi connectivity index (χ3v) is 2.66. The molecule has 0 aliphatic carbocycles. The first kappa shape index (κ1) is 9.71. The van der Waals surface area contributed by atoms with E-state index >= 15 is 0 Å². The second-order valence-electron chi connectivity index (χ2n) is 2.85. The maximum atomic E-state index is 11.2. The van der Waals surface area contributed by atoms with Crippen molar-refractivity contribution >= 4 is 9.84 Å². The van der Waals surface area contributed by atoms with E-state index in [4.69, 9.17) is 0 Å². The van der Waals surface area contributed by atoms with Crippen molar-refractivity contribution in [3.8, 4) is 11.5 Å². The van der Waals surface area contributed by atoms with Gasteiger partial charge < -0.3 is 0 Å². The minimum Gasteiger partial charge on any atom is -0.258 e. The van der Waals surface area contributed by atoms with Gasteiger partial charge in [0.25, 0.3) is 0 Å². The van der Waals surface area contributed by atoms with Crippen molar-refractivity contribution in [3.63, 3.8) is 0 Å². The molecule has 15 heavy (non-hydrogen) atoms. The molecule has 0 atom stereocenters. The Bertz CT molecular complexity index is 563. The zero-order valence-electron chi connectivity index (χ0n) is 7.75. The molecular weight excluding hydrogens is 218 g/mol. The summed E-state index contributed by atoms with van der Waals surface area (Å²) in [5.74, 6) is 0.405. The predicted octanol–water partition coefficient (Wildman–Crippen LogP) is -0.335. The number of aromatic nitrogens is 5. The average molecular weight is 225 g/mol. The van der Waals surface area contributed by atoms with Crippen LogP contribution in [-0.2, 0) is 9.84 Å². The van der Waals surface area contributed by atoms with Crippen LogP contribution in [0.5, 0.6) is 0 Å². The Labute approximate surface area is 85.5 Å². The predicted molar refractivity (Wildman–Crippen MR) is 50.5 cm³/mol. The molecular formula is C7H7N5O2S. The van der Waals surface area contributed by atoms with Crippen molar-refractivity contribution < 1.29 is 8.42 Å². The van der Waals surface area contributed by atoms with E-state index < -0.39 is 9.84 Å². The van der Waals surface area contributed by atoms with Crippen LogP contribution in [0.4, 0.5) is 0 Å². The lowest BCUT2D eigenvalue weighted by Gasteiger charge is -1.98. The third-order valence-electron chi connectivity index (χ3n) is 1.68. The van der Waals surface area contributed by atoms with Gasteiger partial charge >= 0.3 is 0 Å². The lowest BCUT2D eigenvalue weighted by molar-refractivity contribution is 0.598. The second kappa shape index (κ2) is 3.39. The smallest absolute Gasteiger partial charge is 0.192 e. The molecule has 78 valence electrons. The fourth-order valence-electron chi connectivity index (χ4n) is 1.00. The van der Waals surface area contributed by atoms with Gasteiger partial charge in [0.15, 0.2) is 20.7 Å². The number of hydrogen-bond donors (Lipinski definition) is 1. The van der Waals surface area contributed by atoms with Gasteiger partial charge in [0.1, 0.15) is 18.3 Å². The SMILES string of the molecule is CS(=O)(=O)c1cc(-c2ncn[nH]2)ncn1. The first-order chi connectivity index (χ1) is 7.07. The van der Waals surface area contributed by atoms with Crippen molar-refractivity contribution in [2.24, 2.45) is 0 Å². The van der Waals surface area contributed by atoms with E-state index in [2.05, 4.69) is 25.1 Å². The molecule has 0 aliphatic rings. The standard InChI is InChI=1S/C7H7N5O2S/c1-15(13,14)6-2-5(8-3-9-6)7-10-4-11-12-7/h2-4H,1H3,(H,10,11,12). The summed E-state index contributed by atoms with van der Waals surface area (Å²) >= 11 is 0. The van der Waals surface area contributed by atoms with Crippen molar-refractivity contribution in [2.75, 3.05) is 6.26 Å². The summed E-state index contributed by atoms with van der Waals surface area (Å²) in [6, 6.07) is 1.34. The lowest BCUT2D eigenvalue weighted by atomic mass is 10.4. The van der Waals surface area contributed by atoms with Crippen LogP contribution in [0.2, 0.25) is 0 Å². The van der Waals surface area contributed by atoms with Crippen LogP contribution in [0.3, 0.4) is 0 Å². The van der Waals surface area contributed by atoms with Gasteiger partial charge in [-0.3, -0.25) is 5.10 Å². The van der Waals surface area contributed by atoms with Gasteiger partial charge in [-0.1, -0.05) is 0 Å². The molecule has 2 aromatic rings. The van der Waals surface area contributed by atoms with Crippen LogP contribution >= 0.6 is 0 Å². The maximum Gasteiger partial charge on any atom is 0.192 e. The molecule has 0 unspecified atom stereocenters. The Morgan fingerprint density at radius 3 is 2.60 bits per heavy atom. The van der Waals surface area contributed by atoms with Crippen LogP contribution in [0.1, 0.15) is 0 Å². The molecule has 0 radical (unpaired) electrons. The number of hydrogen-bond acceptors (Lipinski definition) is 6. The molecule has 0 fully saturated rings. The number of rotatable bonds is 2. The molecule has 2 aromatic heterocycles.